The number of benzene rings is 2. The van der Waals surface area contributed by atoms with Gasteiger partial charge in [-0.2, -0.15) is 0 Å². The van der Waals surface area contributed by atoms with Gasteiger partial charge in [-0.15, -0.1) is 28.6 Å². The van der Waals surface area contributed by atoms with Gasteiger partial charge in [0.2, 0.25) is 35.4 Å². The molecule has 0 aliphatic carbocycles. The Balaban J connectivity index is 0.944. The standard InChI is InChI=1S/C51H73N11O8S2/c1-31(52-7)44(63)54-36-19-23-71-40-25-50(3,4)42(61(40)48(36)67)46(65)56-38(33-15-11-9-12-16-33)29-69-22-21-60-27-35(58-59-60)28-70-30-39(34-17-13-10-14-18-34)57-47(66)43-51(5,6)26-41-62(43)49(68)37(20-24-72-41)55-45(64)32(2)53-8/h9-18,27,31-32,36-43,52-53H,19-26,28-30H2,1-8H3,(H,54,63)(H,55,64)(H,56,65)(H,57,66)/t31?,32?,36-,37-,38?,39?,40-,41-,42+,43+/m0/s1. The van der Waals surface area contributed by atoms with Crippen molar-refractivity contribution in [2.75, 3.05) is 45.4 Å². The summed E-state index contributed by atoms with van der Waals surface area (Å²) in [6.07, 6.45) is 4.00. The summed E-state index contributed by atoms with van der Waals surface area (Å²) in [6.45, 7) is 12.5. The molecule has 19 nitrogen and oxygen atoms in total. The van der Waals surface area contributed by atoms with E-state index < -0.39 is 59.2 Å². The van der Waals surface area contributed by atoms with Gasteiger partial charge in [0.25, 0.3) is 0 Å². The highest BCUT2D eigenvalue weighted by molar-refractivity contribution is 8.00. The number of nitrogens with one attached hydrogen (secondary N) is 6. The number of amides is 6. The summed E-state index contributed by atoms with van der Waals surface area (Å²) < 4.78 is 14.1. The molecule has 0 radical (unpaired) electrons. The van der Waals surface area contributed by atoms with E-state index in [9.17, 15) is 28.8 Å². The summed E-state index contributed by atoms with van der Waals surface area (Å²) in [5.74, 6) is -0.238. The van der Waals surface area contributed by atoms with Crippen LogP contribution in [0.3, 0.4) is 0 Å². The zero-order valence-corrected chi connectivity index (χ0v) is 44.4. The highest BCUT2D eigenvalue weighted by Gasteiger charge is 2.56. The number of fused-ring (bicyclic) bond motifs is 2. The van der Waals surface area contributed by atoms with Crippen LogP contribution in [-0.4, -0.2) is 153 Å². The number of ether oxygens (including phenoxy) is 2. The minimum Gasteiger partial charge on any atom is -0.377 e. The quantitative estimate of drug-likeness (QED) is 0.0844. The molecule has 10 atom stereocenters. The molecular weight excluding hydrogens is 959 g/mol. The van der Waals surface area contributed by atoms with Gasteiger partial charge in [-0.25, -0.2) is 4.68 Å². The number of hydrogen-bond acceptors (Lipinski definition) is 14. The molecule has 0 saturated carbocycles. The van der Waals surface area contributed by atoms with Crippen molar-refractivity contribution in [3.63, 3.8) is 0 Å². The molecular formula is C51H73N11O8S2. The molecule has 1 aromatic heterocycles. The van der Waals surface area contributed by atoms with Gasteiger partial charge in [0, 0.05) is 0 Å². The monoisotopic (exact) mass is 1030 g/mol. The van der Waals surface area contributed by atoms with Gasteiger partial charge in [0.05, 0.1) is 74.1 Å². The van der Waals surface area contributed by atoms with Crippen LogP contribution < -0.4 is 31.9 Å². The number of likely N-dealkylation sites (N-methyl/N-ethyl adjacent to an activating group) is 2. The zero-order valence-electron chi connectivity index (χ0n) is 42.7. The lowest BCUT2D eigenvalue weighted by molar-refractivity contribution is -0.144. The lowest BCUT2D eigenvalue weighted by Gasteiger charge is -2.35. The molecule has 6 amide bonds. The first-order valence-electron chi connectivity index (χ1n) is 25.0. The first-order valence-corrected chi connectivity index (χ1v) is 27.1. The average molecular weight is 1030 g/mol. The van der Waals surface area contributed by atoms with Crippen molar-refractivity contribution in [1.82, 2.24) is 56.7 Å². The van der Waals surface area contributed by atoms with Crippen LogP contribution >= 0.6 is 23.5 Å². The Hall–Kier alpha value is -5.06. The normalized spacial score (nSPS) is 25.2. The van der Waals surface area contributed by atoms with E-state index >= 15 is 0 Å². The molecule has 4 saturated heterocycles. The smallest absolute Gasteiger partial charge is 0.246 e. The predicted molar refractivity (Wildman–Crippen MR) is 276 cm³/mol. The third-order valence-corrected chi connectivity index (χ3v) is 16.8. The number of nitrogens with zero attached hydrogens (tertiary/aromatic N) is 5. The van der Waals surface area contributed by atoms with E-state index in [1.807, 2.05) is 88.4 Å². The summed E-state index contributed by atoms with van der Waals surface area (Å²) in [4.78, 5) is 86.3. The lowest BCUT2D eigenvalue weighted by Crippen LogP contribution is -2.58. The Morgan fingerprint density at radius 1 is 0.694 bits per heavy atom. The molecule has 7 rings (SSSR count). The Labute approximate surface area is 431 Å². The molecule has 4 fully saturated rings. The van der Waals surface area contributed by atoms with E-state index in [1.54, 1.807) is 72.1 Å². The van der Waals surface area contributed by atoms with E-state index in [-0.39, 0.29) is 72.6 Å². The molecule has 6 N–H and O–H groups in total. The lowest BCUT2D eigenvalue weighted by atomic mass is 9.83. The van der Waals surface area contributed by atoms with Gasteiger partial charge in [0.15, 0.2) is 0 Å². The van der Waals surface area contributed by atoms with Crippen molar-refractivity contribution >= 4 is 59.0 Å². The molecule has 5 heterocycles. The maximum Gasteiger partial charge on any atom is 0.246 e. The maximum atomic E-state index is 14.4. The zero-order chi connectivity index (χ0) is 51.7. The Kier molecular flexibility index (Phi) is 18.5. The van der Waals surface area contributed by atoms with E-state index in [4.69, 9.17) is 9.47 Å². The SMILES string of the molecule is CNC(C)C(=O)N[C@H]1CCS[C@H]2CC(C)(C)[C@@H](C(=O)NC(COCCn3cc(COCC(NC(=O)[C@H]4N5C(=O)[C@@H](NC(=O)C(C)NC)CCS[C@H]5CC4(C)C)c4ccccc4)nn3)c3ccccc3)N2C1=O. The predicted octanol–water partition coefficient (Wildman–Crippen LogP) is 2.89. The van der Waals surface area contributed by atoms with Crippen LogP contribution in [0, 0.1) is 10.8 Å². The van der Waals surface area contributed by atoms with Crippen LogP contribution in [0.1, 0.15) is 96.1 Å². The fourth-order valence-electron chi connectivity index (χ4n) is 10.0. The number of hydrogen-bond donors (Lipinski definition) is 6. The third kappa shape index (κ3) is 13.0. The van der Waals surface area contributed by atoms with Gasteiger partial charge in [-0.05, 0) is 87.1 Å². The molecule has 2 aromatic carbocycles. The maximum absolute atomic E-state index is 14.4. The van der Waals surface area contributed by atoms with Gasteiger partial charge in [-0.3, -0.25) is 28.8 Å². The summed E-state index contributed by atoms with van der Waals surface area (Å²) in [7, 11) is 3.39. The summed E-state index contributed by atoms with van der Waals surface area (Å²) in [5.41, 5.74) is 1.20. The molecule has 0 bridgehead atoms. The summed E-state index contributed by atoms with van der Waals surface area (Å²) >= 11 is 3.30. The second kappa shape index (κ2) is 24.3. The number of thioether (sulfide) groups is 2. The van der Waals surface area contributed by atoms with Gasteiger partial charge in [0.1, 0.15) is 29.9 Å². The van der Waals surface area contributed by atoms with E-state index in [0.717, 1.165) is 11.1 Å². The fourth-order valence-corrected chi connectivity index (χ4v) is 13.2. The van der Waals surface area contributed by atoms with Crippen molar-refractivity contribution in [2.45, 2.75) is 139 Å². The van der Waals surface area contributed by atoms with Crippen molar-refractivity contribution in [3.05, 3.63) is 83.7 Å². The molecule has 4 aliphatic heterocycles. The van der Waals surface area contributed by atoms with Crippen LogP contribution in [0.25, 0.3) is 0 Å². The Bertz CT molecular complexity index is 2360. The Morgan fingerprint density at radius 2 is 1.14 bits per heavy atom. The first-order chi connectivity index (χ1) is 34.4. The average Bonchev–Trinajstić information content (AvgIpc) is 3.95. The topological polar surface area (TPSA) is 230 Å². The van der Waals surface area contributed by atoms with Crippen molar-refractivity contribution < 1.29 is 38.2 Å². The van der Waals surface area contributed by atoms with E-state index in [1.165, 1.54) is 0 Å². The fraction of sp³-hybridized carbons (Fsp3) is 0.608. The number of carbonyl (C=O) groups excluding carboxylic acids is 6. The summed E-state index contributed by atoms with van der Waals surface area (Å²) in [6, 6.07) is 14.1. The number of carbonyl (C=O) groups is 6. The molecule has 4 aliphatic rings. The van der Waals surface area contributed by atoms with Crippen molar-refractivity contribution in [3.8, 4) is 0 Å². The number of aromatic nitrogens is 3. The molecule has 21 heteroatoms. The highest BCUT2D eigenvalue weighted by Crippen LogP contribution is 2.48. The van der Waals surface area contributed by atoms with Gasteiger partial charge in [-0.1, -0.05) is 93.6 Å². The minimum absolute atomic E-state index is 0.116. The van der Waals surface area contributed by atoms with Crippen LogP contribution in [0.4, 0.5) is 0 Å². The van der Waals surface area contributed by atoms with E-state index in [2.05, 4.69) is 42.2 Å². The molecule has 0 spiro atoms. The van der Waals surface area contributed by atoms with E-state index in [0.29, 0.717) is 49.4 Å². The van der Waals surface area contributed by atoms with Crippen LogP contribution in [-0.2, 0) is 51.4 Å². The number of rotatable bonds is 21. The highest BCUT2D eigenvalue weighted by atomic mass is 32.2. The first kappa shape index (κ1) is 54.7. The molecule has 72 heavy (non-hydrogen) atoms. The van der Waals surface area contributed by atoms with Crippen molar-refractivity contribution in [2.24, 2.45) is 10.8 Å². The molecule has 392 valence electrons. The second-order valence-electron chi connectivity index (χ2n) is 20.6. The van der Waals surface area contributed by atoms with Crippen LogP contribution in [0.15, 0.2) is 66.9 Å². The Morgan fingerprint density at radius 3 is 1.58 bits per heavy atom. The molecule has 3 aromatic rings. The van der Waals surface area contributed by atoms with Crippen molar-refractivity contribution in [1.29, 1.82) is 0 Å². The second-order valence-corrected chi connectivity index (χ2v) is 23.1. The largest absolute Gasteiger partial charge is 0.377 e. The molecule has 4 unspecified atom stereocenters. The summed E-state index contributed by atoms with van der Waals surface area (Å²) in [5, 5.41) is 26.3. The minimum atomic E-state index is -0.771. The van der Waals surface area contributed by atoms with Gasteiger partial charge < -0.3 is 51.2 Å². The van der Waals surface area contributed by atoms with Gasteiger partial charge >= 0.3 is 0 Å². The van der Waals surface area contributed by atoms with Crippen LogP contribution in [0.2, 0.25) is 0 Å². The third-order valence-electron chi connectivity index (χ3n) is 14.3. The van der Waals surface area contributed by atoms with Crippen LogP contribution in [0.5, 0.6) is 0 Å².